The first kappa shape index (κ1) is 11.2. The molecule has 1 aromatic carbocycles. The molecule has 0 spiro atoms. The third-order valence-electron chi connectivity index (χ3n) is 4.41. The van der Waals surface area contributed by atoms with E-state index in [0.29, 0.717) is 34.3 Å². The topological polar surface area (TPSA) is 52.6 Å². The monoisotopic (exact) mass is 280 g/mol. The summed E-state index contributed by atoms with van der Waals surface area (Å²) in [5.41, 5.74) is 1.65. The first-order valence-electron chi connectivity index (χ1n) is 7.09. The van der Waals surface area contributed by atoms with Crippen molar-refractivity contribution in [2.45, 2.75) is 12.3 Å². The molecule has 0 saturated heterocycles. The molecular weight excluding hydrogens is 268 g/mol. The third-order valence-corrected chi connectivity index (χ3v) is 4.41. The molecule has 104 valence electrons. The molecule has 2 aromatic heterocycles. The van der Waals surface area contributed by atoms with Crippen molar-refractivity contribution < 1.29 is 13.6 Å². The molecule has 0 bridgehead atoms. The van der Waals surface area contributed by atoms with Crippen LogP contribution >= 0.6 is 0 Å². The van der Waals surface area contributed by atoms with Crippen LogP contribution in [0, 0.1) is 5.92 Å². The average molecular weight is 280 g/mol. The van der Waals surface area contributed by atoms with E-state index in [2.05, 4.69) is 0 Å². The van der Waals surface area contributed by atoms with E-state index in [1.807, 2.05) is 6.07 Å². The molecule has 1 saturated carbocycles. The molecule has 1 fully saturated rings. The van der Waals surface area contributed by atoms with Gasteiger partial charge in [0.05, 0.1) is 18.3 Å². The van der Waals surface area contributed by atoms with Crippen molar-refractivity contribution in [3.63, 3.8) is 0 Å². The highest BCUT2D eigenvalue weighted by molar-refractivity contribution is 5.84. The molecule has 2 aliphatic rings. The Morgan fingerprint density at radius 1 is 1.14 bits per heavy atom. The van der Waals surface area contributed by atoms with Gasteiger partial charge in [0, 0.05) is 17.5 Å². The van der Waals surface area contributed by atoms with Crippen molar-refractivity contribution in [3.8, 4) is 17.3 Å². The molecule has 3 heterocycles. The smallest absolute Gasteiger partial charge is 0.193 e. The molecule has 2 unspecified atom stereocenters. The first-order chi connectivity index (χ1) is 10.3. The lowest BCUT2D eigenvalue weighted by Crippen LogP contribution is -2.10. The molecular formula is C17H12O4. The van der Waals surface area contributed by atoms with Crippen LogP contribution in [0.1, 0.15) is 17.9 Å². The highest BCUT2D eigenvalue weighted by Crippen LogP contribution is 2.55. The molecule has 5 rings (SSSR count). The lowest BCUT2D eigenvalue weighted by molar-refractivity contribution is 0.279. The number of benzene rings is 1. The molecule has 4 nitrogen and oxygen atoms in total. The number of fused-ring (bicyclic) bond motifs is 5. The van der Waals surface area contributed by atoms with Crippen LogP contribution in [0.15, 0.2) is 50.2 Å². The van der Waals surface area contributed by atoms with E-state index in [9.17, 15) is 4.79 Å². The maximum atomic E-state index is 12.4. The van der Waals surface area contributed by atoms with Crippen LogP contribution in [0.25, 0.3) is 22.5 Å². The minimum absolute atomic E-state index is 0.0479. The molecule has 1 aliphatic heterocycles. The first-order valence-corrected chi connectivity index (χ1v) is 7.09. The van der Waals surface area contributed by atoms with Gasteiger partial charge in [0.2, 0.25) is 0 Å². The Bertz CT molecular complexity index is 904. The zero-order valence-electron chi connectivity index (χ0n) is 11.2. The Kier molecular flexibility index (Phi) is 2.02. The molecule has 0 N–H and O–H groups in total. The maximum absolute atomic E-state index is 12.4. The highest BCUT2D eigenvalue weighted by atomic mass is 16.5. The van der Waals surface area contributed by atoms with Gasteiger partial charge in [-0.3, -0.25) is 4.79 Å². The quantitative estimate of drug-likeness (QED) is 0.684. The van der Waals surface area contributed by atoms with E-state index in [1.54, 1.807) is 24.5 Å². The molecule has 0 amide bonds. The number of hydrogen-bond donors (Lipinski definition) is 0. The van der Waals surface area contributed by atoms with Crippen LogP contribution in [0.4, 0.5) is 0 Å². The minimum Gasteiger partial charge on any atom is -0.493 e. The summed E-state index contributed by atoms with van der Waals surface area (Å²) in [7, 11) is 0. The second-order valence-corrected chi connectivity index (χ2v) is 5.72. The number of hydrogen-bond acceptors (Lipinski definition) is 4. The van der Waals surface area contributed by atoms with Gasteiger partial charge in [0.25, 0.3) is 0 Å². The van der Waals surface area contributed by atoms with Gasteiger partial charge in [-0.25, -0.2) is 0 Å². The van der Waals surface area contributed by atoms with E-state index in [-0.39, 0.29) is 5.43 Å². The van der Waals surface area contributed by atoms with E-state index < -0.39 is 0 Å². The maximum Gasteiger partial charge on any atom is 0.193 e. The van der Waals surface area contributed by atoms with E-state index in [1.165, 1.54) is 6.07 Å². The zero-order chi connectivity index (χ0) is 14.0. The summed E-state index contributed by atoms with van der Waals surface area (Å²) in [6.45, 7) is 0.769. The molecule has 3 aromatic rings. The fourth-order valence-corrected chi connectivity index (χ4v) is 3.22. The van der Waals surface area contributed by atoms with E-state index in [4.69, 9.17) is 13.6 Å². The lowest BCUT2D eigenvalue weighted by Gasteiger charge is -2.17. The molecule has 1 aliphatic carbocycles. The molecule has 21 heavy (non-hydrogen) atoms. The summed E-state index contributed by atoms with van der Waals surface area (Å²) >= 11 is 0. The van der Waals surface area contributed by atoms with Crippen molar-refractivity contribution in [2.24, 2.45) is 5.92 Å². The molecule has 2 atom stereocenters. The molecule has 4 heteroatoms. The van der Waals surface area contributed by atoms with Gasteiger partial charge in [-0.2, -0.15) is 0 Å². The Hall–Kier alpha value is -2.49. The normalized spacial score (nSPS) is 22.5. The third kappa shape index (κ3) is 1.53. The van der Waals surface area contributed by atoms with Gasteiger partial charge in [-0.15, -0.1) is 0 Å². The van der Waals surface area contributed by atoms with E-state index >= 15 is 0 Å². The van der Waals surface area contributed by atoms with Gasteiger partial charge in [-0.05, 0) is 36.6 Å². The Morgan fingerprint density at radius 2 is 2.10 bits per heavy atom. The summed E-state index contributed by atoms with van der Waals surface area (Å²) < 4.78 is 17.1. The van der Waals surface area contributed by atoms with Crippen molar-refractivity contribution in [1.82, 2.24) is 0 Å². The van der Waals surface area contributed by atoms with Crippen molar-refractivity contribution in [2.75, 3.05) is 6.61 Å². The second kappa shape index (κ2) is 3.79. The van der Waals surface area contributed by atoms with Crippen LogP contribution < -0.4 is 10.2 Å². The Labute approximate surface area is 119 Å². The lowest BCUT2D eigenvalue weighted by atomic mass is 10.0. The highest BCUT2D eigenvalue weighted by Gasteiger charge is 2.45. The van der Waals surface area contributed by atoms with Crippen molar-refractivity contribution in [1.29, 1.82) is 0 Å². The van der Waals surface area contributed by atoms with Gasteiger partial charge in [0.1, 0.15) is 11.3 Å². The molecule has 0 radical (unpaired) electrons. The number of rotatable bonds is 1. The zero-order valence-corrected chi connectivity index (χ0v) is 11.2. The summed E-state index contributed by atoms with van der Waals surface area (Å²) in [4.78, 5) is 12.4. The fraction of sp³-hybridized carbons (Fsp3) is 0.235. The van der Waals surface area contributed by atoms with Crippen molar-refractivity contribution in [3.05, 3.63) is 52.4 Å². The van der Waals surface area contributed by atoms with Gasteiger partial charge < -0.3 is 13.6 Å². The number of furan rings is 1. The SMILES string of the molecule is O=c1cc(-c2ccco2)oc2c3c(ccc12)OCC1CC31. The van der Waals surface area contributed by atoms with Crippen LogP contribution in [0.5, 0.6) is 5.75 Å². The van der Waals surface area contributed by atoms with E-state index in [0.717, 1.165) is 24.3 Å². The predicted octanol–water partition coefficient (Wildman–Crippen LogP) is 3.55. The van der Waals surface area contributed by atoms with Gasteiger partial charge in [-0.1, -0.05) is 0 Å². The summed E-state index contributed by atoms with van der Waals surface area (Å²) in [6.07, 6.45) is 2.68. The van der Waals surface area contributed by atoms with Crippen LogP contribution in [-0.4, -0.2) is 6.61 Å². The fourth-order valence-electron chi connectivity index (χ4n) is 3.22. The summed E-state index contributed by atoms with van der Waals surface area (Å²) in [6, 6.07) is 8.72. The largest absolute Gasteiger partial charge is 0.493 e. The Morgan fingerprint density at radius 3 is 2.95 bits per heavy atom. The van der Waals surface area contributed by atoms with Crippen molar-refractivity contribution >= 4 is 11.0 Å². The van der Waals surface area contributed by atoms with Gasteiger partial charge >= 0.3 is 0 Å². The minimum atomic E-state index is -0.0479. The number of ether oxygens (including phenoxy) is 1. The van der Waals surface area contributed by atoms with Crippen LogP contribution in [0.2, 0.25) is 0 Å². The predicted molar refractivity (Wildman–Crippen MR) is 76.5 cm³/mol. The second-order valence-electron chi connectivity index (χ2n) is 5.72. The standard InChI is InChI=1S/C17H12O4/c18-12-7-15(13-2-1-5-19-13)21-17-10(12)3-4-14-16(17)11-6-9(11)8-20-14/h1-5,7,9,11H,6,8H2. The Balaban J connectivity index is 1.85. The summed E-state index contributed by atoms with van der Waals surface area (Å²) in [5.74, 6) is 2.92. The van der Waals surface area contributed by atoms with Crippen LogP contribution in [-0.2, 0) is 0 Å². The summed E-state index contributed by atoms with van der Waals surface area (Å²) in [5, 5.41) is 0.611. The average Bonchev–Trinajstić information content (AvgIpc) is 3.09. The van der Waals surface area contributed by atoms with Gasteiger partial charge in [0.15, 0.2) is 16.9 Å². The van der Waals surface area contributed by atoms with Crippen LogP contribution in [0.3, 0.4) is 0 Å².